The maximum Gasteiger partial charge on any atom is 0.123 e. The fourth-order valence-corrected chi connectivity index (χ4v) is 2.06. The van der Waals surface area contributed by atoms with Crippen molar-refractivity contribution in [3.8, 4) is 16.8 Å². The molecule has 0 amide bonds. The third-order valence-electron chi connectivity index (χ3n) is 2.83. The van der Waals surface area contributed by atoms with Crippen LogP contribution in [0.5, 0.6) is 0 Å². The monoisotopic (exact) mass is 272 g/mol. The predicted molar refractivity (Wildman–Crippen MR) is 74.0 cm³/mol. The largest absolute Gasteiger partial charge is 0.240 e. The first-order chi connectivity index (χ1) is 9.22. The Hall–Kier alpha value is -2.13. The molecule has 0 saturated carbocycles. The summed E-state index contributed by atoms with van der Waals surface area (Å²) in [4.78, 5) is 0. The van der Waals surface area contributed by atoms with Crippen molar-refractivity contribution < 1.29 is 4.39 Å². The van der Waals surface area contributed by atoms with Crippen LogP contribution < -0.4 is 0 Å². The molecule has 1 heterocycles. The SMILES string of the molecule is Fc1ccc(-c2cnn(-c3cccc(Cl)c3)c2)cc1. The second-order valence-electron chi connectivity index (χ2n) is 4.16. The molecule has 0 N–H and O–H groups in total. The van der Waals surface area contributed by atoms with Crippen molar-refractivity contribution in [3.63, 3.8) is 0 Å². The standard InChI is InChI=1S/C15H10ClFN2/c16-13-2-1-3-15(8-13)19-10-12(9-18-19)11-4-6-14(17)7-5-11/h1-10H. The fourth-order valence-electron chi connectivity index (χ4n) is 1.87. The summed E-state index contributed by atoms with van der Waals surface area (Å²) in [5.74, 6) is -0.244. The van der Waals surface area contributed by atoms with Gasteiger partial charge in [-0.25, -0.2) is 9.07 Å². The first-order valence-corrected chi connectivity index (χ1v) is 6.17. The first kappa shape index (κ1) is 11.9. The van der Waals surface area contributed by atoms with E-state index in [1.165, 1.54) is 12.1 Å². The van der Waals surface area contributed by atoms with Crippen LogP contribution in [-0.2, 0) is 0 Å². The van der Waals surface area contributed by atoms with Gasteiger partial charge in [0.1, 0.15) is 5.82 Å². The fraction of sp³-hybridized carbons (Fsp3) is 0. The Labute approximate surface area is 115 Å². The molecule has 0 unspecified atom stereocenters. The molecule has 2 aromatic carbocycles. The second kappa shape index (κ2) is 4.86. The van der Waals surface area contributed by atoms with Gasteiger partial charge in [0.05, 0.1) is 11.9 Å². The van der Waals surface area contributed by atoms with Gasteiger partial charge in [0.15, 0.2) is 0 Å². The molecule has 19 heavy (non-hydrogen) atoms. The molecular weight excluding hydrogens is 263 g/mol. The summed E-state index contributed by atoms with van der Waals surface area (Å²) >= 11 is 5.95. The third kappa shape index (κ3) is 2.51. The van der Waals surface area contributed by atoms with Gasteiger partial charge in [-0.05, 0) is 35.9 Å². The number of nitrogens with zero attached hydrogens (tertiary/aromatic N) is 2. The van der Waals surface area contributed by atoms with Crippen LogP contribution in [0.25, 0.3) is 16.8 Å². The molecule has 0 bridgehead atoms. The first-order valence-electron chi connectivity index (χ1n) is 5.79. The molecule has 0 atom stereocenters. The molecule has 3 rings (SSSR count). The summed E-state index contributed by atoms with van der Waals surface area (Å²) in [7, 11) is 0. The van der Waals surface area contributed by atoms with Crippen molar-refractivity contribution in [1.82, 2.24) is 9.78 Å². The molecular formula is C15H10ClFN2. The smallest absolute Gasteiger partial charge is 0.123 e. The lowest BCUT2D eigenvalue weighted by atomic mass is 10.1. The van der Waals surface area contributed by atoms with Gasteiger partial charge in [-0.15, -0.1) is 0 Å². The maximum absolute atomic E-state index is 12.9. The molecule has 0 spiro atoms. The highest BCUT2D eigenvalue weighted by Crippen LogP contribution is 2.21. The number of rotatable bonds is 2. The van der Waals surface area contributed by atoms with Crippen LogP contribution in [-0.4, -0.2) is 9.78 Å². The highest BCUT2D eigenvalue weighted by Gasteiger charge is 2.04. The van der Waals surface area contributed by atoms with Crippen LogP contribution in [0.2, 0.25) is 5.02 Å². The summed E-state index contributed by atoms with van der Waals surface area (Å²) in [6.45, 7) is 0. The Bertz CT molecular complexity index is 704. The number of hydrogen-bond acceptors (Lipinski definition) is 1. The van der Waals surface area contributed by atoms with Gasteiger partial charge < -0.3 is 0 Å². The van der Waals surface area contributed by atoms with E-state index in [2.05, 4.69) is 5.10 Å². The van der Waals surface area contributed by atoms with Gasteiger partial charge >= 0.3 is 0 Å². The Morgan fingerprint density at radius 2 is 1.79 bits per heavy atom. The van der Waals surface area contributed by atoms with Crippen LogP contribution in [0.15, 0.2) is 60.9 Å². The number of aromatic nitrogens is 2. The van der Waals surface area contributed by atoms with E-state index in [9.17, 15) is 4.39 Å². The Balaban J connectivity index is 1.97. The topological polar surface area (TPSA) is 17.8 Å². The van der Waals surface area contributed by atoms with Gasteiger partial charge in [0, 0.05) is 16.8 Å². The van der Waals surface area contributed by atoms with E-state index >= 15 is 0 Å². The van der Waals surface area contributed by atoms with Crippen molar-refractivity contribution in [3.05, 3.63) is 71.8 Å². The highest BCUT2D eigenvalue weighted by molar-refractivity contribution is 6.30. The van der Waals surface area contributed by atoms with E-state index in [1.807, 2.05) is 30.5 Å². The maximum atomic E-state index is 12.9. The average molecular weight is 273 g/mol. The van der Waals surface area contributed by atoms with E-state index in [0.717, 1.165) is 16.8 Å². The lowest BCUT2D eigenvalue weighted by molar-refractivity contribution is 0.628. The summed E-state index contributed by atoms with van der Waals surface area (Å²) in [5, 5.41) is 4.95. The number of benzene rings is 2. The number of halogens is 2. The average Bonchev–Trinajstić information content (AvgIpc) is 2.89. The van der Waals surface area contributed by atoms with Crippen LogP contribution in [0.4, 0.5) is 4.39 Å². The number of hydrogen-bond donors (Lipinski definition) is 0. The van der Waals surface area contributed by atoms with Crippen molar-refractivity contribution in [1.29, 1.82) is 0 Å². The second-order valence-corrected chi connectivity index (χ2v) is 4.60. The zero-order valence-electron chi connectivity index (χ0n) is 9.92. The van der Waals surface area contributed by atoms with Gasteiger partial charge in [0.2, 0.25) is 0 Å². The minimum absolute atomic E-state index is 0.244. The van der Waals surface area contributed by atoms with E-state index in [1.54, 1.807) is 23.0 Å². The van der Waals surface area contributed by atoms with Crippen LogP contribution in [0.3, 0.4) is 0 Å². The molecule has 0 aliphatic carbocycles. The van der Waals surface area contributed by atoms with Crippen LogP contribution >= 0.6 is 11.6 Å². The van der Waals surface area contributed by atoms with Gasteiger partial charge in [-0.2, -0.15) is 5.10 Å². The van der Waals surface area contributed by atoms with E-state index < -0.39 is 0 Å². The van der Waals surface area contributed by atoms with E-state index in [0.29, 0.717) is 5.02 Å². The van der Waals surface area contributed by atoms with Crippen molar-refractivity contribution >= 4 is 11.6 Å². The Morgan fingerprint density at radius 3 is 2.53 bits per heavy atom. The molecule has 0 aliphatic rings. The minimum Gasteiger partial charge on any atom is -0.240 e. The summed E-state index contributed by atoms with van der Waals surface area (Å²) in [6, 6.07) is 13.8. The van der Waals surface area contributed by atoms with Crippen molar-refractivity contribution in [2.75, 3.05) is 0 Å². The molecule has 1 aromatic heterocycles. The van der Waals surface area contributed by atoms with Crippen LogP contribution in [0.1, 0.15) is 0 Å². The minimum atomic E-state index is -0.244. The summed E-state index contributed by atoms with van der Waals surface area (Å²) in [6.07, 6.45) is 3.63. The van der Waals surface area contributed by atoms with Crippen molar-refractivity contribution in [2.24, 2.45) is 0 Å². The summed E-state index contributed by atoms with van der Waals surface area (Å²) < 4.78 is 14.6. The molecule has 94 valence electrons. The summed E-state index contributed by atoms with van der Waals surface area (Å²) in [5.41, 5.74) is 2.75. The highest BCUT2D eigenvalue weighted by atomic mass is 35.5. The van der Waals surface area contributed by atoms with Crippen LogP contribution in [0, 0.1) is 5.82 Å². The molecule has 2 nitrogen and oxygen atoms in total. The quantitative estimate of drug-likeness (QED) is 0.679. The Kier molecular flexibility index (Phi) is 3.05. The molecule has 0 radical (unpaired) electrons. The molecule has 0 fully saturated rings. The molecule has 0 aliphatic heterocycles. The lowest BCUT2D eigenvalue weighted by Gasteiger charge is -2.01. The van der Waals surface area contributed by atoms with E-state index in [4.69, 9.17) is 11.6 Å². The third-order valence-corrected chi connectivity index (χ3v) is 3.07. The normalized spacial score (nSPS) is 10.6. The van der Waals surface area contributed by atoms with Gasteiger partial charge in [-0.1, -0.05) is 29.8 Å². The van der Waals surface area contributed by atoms with E-state index in [-0.39, 0.29) is 5.82 Å². The predicted octanol–water partition coefficient (Wildman–Crippen LogP) is 4.33. The Morgan fingerprint density at radius 1 is 1.00 bits per heavy atom. The molecule has 0 saturated heterocycles. The van der Waals surface area contributed by atoms with Crippen molar-refractivity contribution in [2.45, 2.75) is 0 Å². The zero-order chi connectivity index (χ0) is 13.2. The van der Waals surface area contributed by atoms with Gasteiger partial charge in [-0.3, -0.25) is 0 Å². The zero-order valence-corrected chi connectivity index (χ0v) is 10.7. The van der Waals surface area contributed by atoms with Gasteiger partial charge in [0.25, 0.3) is 0 Å². The molecule has 4 heteroatoms. The molecule has 3 aromatic rings. The lowest BCUT2D eigenvalue weighted by Crippen LogP contribution is -1.92.